The Labute approximate surface area is 226 Å². The van der Waals surface area contributed by atoms with Crippen LogP contribution in [0.25, 0.3) is 16.3 Å². The number of aliphatic hydroxyl groups excluding tert-OH is 1. The number of rotatable bonds is 7. The van der Waals surface area contributed by atoms with E-state index in [4.69, 9.17) is 0 Å². The number of anilines is 1. The van der Waals surface area contributed by atoms with Crippen molar-refractivity contribution in [2.24, 2.45) is 0 Å². The molecule has 1 saturated heterocycles. The van der Waals surface area contributed by atoms with Crippen LogP contribution < -0.4 is 9.62 Å². The third-order valence-electron chi connectivity index (χ3n) is 6.49. The first-order valence-electron chi connectivity index (χ1n) is 11.6. The van der Waals surface area contributed by atoms with E-state index >= 15 is 0 Å². The van der Waals surface area contributed by atoms with Crippen LogP contribution in [0.15, 0.2) is 23.4 Å². The van der Waals surface area contributed by atoms with Gasteiger partial charge < -0.3 is 14.9 Å². The van der Waals surface area contributed by atoms with E-state index in [0.717, 1.165) is 4.90 Å². The predicted molar refractivity (Wildman–Crippen MR) is 128 cm³/mol. The van der Waals surface area contributed by atoms with Crippen LogP contribution in [0.2, 0.25) is 0 Å². The zero-order chi connectivity index (χ0) is 29.0. The second-order valence-electron chi connectivity index (χ2n) is 9.20. The third kappa shape index (κ3) is 5.18. The summed E-state index contributed by atoms with van der Waals surface area (Å²) < 4.78 is 94.9. The molecule has 1 atom stereocenters. The normalized spacial score (nSPS) is 18.2. The Morgan fingerprint density at radius 3 is 2.42 bits per heavy atom. The van der Waals surface area contributed by atoms with Gasteiger partial charge in [0.15, 0.2) is 15.8 Å². The number of hydrogen-bond acceptors (Lipinski definition) is 10. The largest absolute Gasteiger partial charge is 0.423 e. The molecule has 2 fully saturated rings. The van der Waals surface area contributed by atoms with Gasteiger partial charge in [0.2, 0.25) is 16.1 Å². The molecule has 1 saturated carbocycles. The molecule has 0 bridgehead atoms. The van der Waals surface area contributed by atoms with Gasteiger partial charge in [0, 0.05) is 32.4 Å². The topological polar surface area (TPSA) is 157 Å². The van der Waals surface area contributed by atoms with Crippen LogP contribution in [-0.4, -0.2) is 87.9 Å². The Morgan fingerprint density at radius 1 is 1.20 bits per heavy atom. The molecule has 0 aromatic carbocycles. The fraction of sp³-hybridized carbons (Fsp3) is 0.476. The summed E-state index contributed by atoms with van der Waals surface area (Å²) in [6.07, 6.45) is -8.00. The van der Waals surface area contributed by atoms with Gasteiger partial charge in [-0.15, -0.1) is 10.2 Å². The van der Waals surface area contributed by atoms with Gasteiger partial charge in [-0.3, -0.25) is 9.20 Å². The van der Waals surface area contributed by atoms with E-state index in [2.05, 4.69) is 19.9 Å². The van der Waals surface area contributed by atoms with E-state index in [1.807, 2.05) is 6.07 Å². The molecule has 19 heteroatoms. The van der Waals surface area contributed by atoms with Gasteiger partial charge in [0.05, 0.1) is 23.5 Å². The fourth-order valence-corrected chi connectivity index (χ4v) is 6.27. The minimum Gasteiger partial charge on any atom is -0.376 e. The van der Waals surface area contributed by atoms with Crippen molar-refractivity contribution in [2.75, 3.05) is 31.1 Å². The van der Waals surface area contributed by atoms with Gasteiger partial charge in [-0.2, -0.15) is 23.2 Å². The van der Waals surface area contributed by atoms with E-state index in [-0.39, 0.29) is 47.6 Å². The van der Waals surface area contributed by atoms with Crippen LogP contribution >= 0.6 is 11.3 Å². The van der Waals surface area contributed by atoms with Crippen LogP contribution in [-0.2, 0) is 14.8 Å². The van der Waals surface area contributed by atoms with Gasteiger partial charge in [0.1, 0.15) is 10.4 Å². The average molecular weight is 607 g/mol. The molecule has 2 aliphatic rings. The van der Waals surface area contributed by atoms with Crippen molar-refractivity contribution in [1.29, 1.82) is 5.26 Å². The van der Waals surface area contributed by atoms with Gasteiger partial charge in [0.25, 0.3) is 12.3 Å². The van der Waals surface area contributed by atoms with Gasteiger partial charge in [-0.25, -0.2) is 22.2 Å². The summed E-state index contributed by atoms with van der Waals surface area (Å²) in [6, 6.07) is 3.22. The highest BCUT2D eigenvalue weighted by Gasteiger charge is 2.47. The monoisotopic (exact) mass is 606 g/mol. The molecule has 12 nitrogen and oxygen atoms in total. The molecule has 2 N–H and O–H groups in total. The summed E-state index contributed by atoms with van der Waals surface area (Å²) >= 11 is 0.563. The Morgan fingerprint density at radius 2 is 1.88 bits per heavy atom. The molecule has 3 aromatic rings. The van der Waals surface area contributed by atoms with Gasteiger partial charge in [-0.05, 0) is 18.9 Å². The van der Waals surface area contributed by atoms with E-state index in [1.165, 1.54) is 22.9 Å². The number of imidazole rings is 1. The van der Waals surface area contributed by atoms with Crippen molar-refractivity contribution >= 4 is 38.5 Å². The summed E-state index contributed by atoms with van der Waals surface area (Å²) in [5.74, 6) is -1.48. The summed E-state index contributed by atoms with van der Waals surface area (Å²) in [7, 11) is -4.28. The number of carbonyl (C=O) groups excluding carboxylic acids is 1. The first-order chi connectivity index (χ1) is 18.7. The van der Waals surface area contributed by atoms with E-state index in [0.29, 0.717) is 29.7 Å². The lowest BCUT2D eigenvalue weighted by Gasteiger charge is -2.37. The highest BCUT2D eigenvalue weighted by molar-refractivity contribution is 7.89. The maximum atomic E-state index is 13.3. The van der Waals surface area contributed by atoms with Crippen LogP contribution in [0.5, 0.6) is 0 Å². The van der Waals surface area contributed by atoms with Crippen molar-refractivity contribution in [3.63, 3.8) is 0 Å². The van der Waals surface area contributed by atoms with E-state index < -0.39 is 45.2 Å². The third-order valence-corrected chi connectivity index (χ3v) is 8.92. The number of amides is 1. The number of aliphatic hydroxyl groups is 1. The average Bonchev–Trinajstić information content (AvgIpc) is 3.29. The lowest BCUT2D eigenvalue weighted by Crippen LogP contribution is -2.54. The number of halogens is 5. The number of carbonyl (C=O) groups is 1. The Balaban J connectivity index is 1.52. The zero-order valence-electron chi connectivity index (χ0n) is 20.1. The molecule has 40 heavy (non-hydrogen) atoms. The highest BCUT2D eigenvalue weighted by atomic mass is 32.2. The Kier molecular flexibility index (Phi) is 6.92. The van der Waals surface area contributed by atoms with Crippen LogP contribution in [0.3, 0.4) is 0 Å². The maximum Gasteiger partial charge on any atom is 0.423 e. The number of nitrogens with one attached hydrogen (secondary N) is 1. The fourth-order valence-electron chi connectivity index (χ4n) is 4.18. The van der Waals surface area contributed by atoms with E-state index in [9.17, 15) is 45.5 Å². The van der Waals surface area contributed by atoms with Crippen LogP contribution in [0, 0.1) is 11.3 Å². The first kappa shape index (κ1) is 28.1. The molecule has 0 spiro atoms. The predicted octanol–water partition coefficient (Wildman–Crippen LogP) is 1.70. The minimum atomic E-state index is -5.12. The lowest BCUT2D eigenvalue weighted by atomic mass is 10.2. The molecule has 4 heterocycles. The molecular formula is C21H19F5N8O4S2. The van der Waals surface area contributed by atoms with Gasteiger partial charge in [-0.1, -0.05) is 11.3 Å². The number of nitriles is 1. The molecule has 1 aliphatic carbocycles. The number of nitrogens with zero attached hydrogens (tertiary/aromatic N) is 7. The Bertz CT molecular complexity index is 1600. The van der Waals surface area contributed by atoms with Crippen LogP contribution in [0.4, 0.5) is 27.6 Å². The van der Waals surface area contributed by atoms with Crippen LogP contribution in [0.1, 0.15) is 24.3 Å². The molecule has 1 amide bonds. The molecular weight excluding hydrogens is 587 g/mol. The number of aromatic nitrogens is 4. The smallest absolute Gasteiger partial charge is 0.376 e. The van der Waals surface area contributed by atoms with E-state index in [1.54, 1.807) is 4.90 Å². The Hall–Kier alpha value is -3.47. The zero-order valence-corrected chi connectivity index (χ0v) is 21.8. The lowest BCUT2D eigenvalue weighted by molar-refractivity contribution is -0.210. The van der Waals surface area contributed by atoms with Crippen molar-refractivity contribution in [2.45, 2.75) is 42.0 Å². The summed E-state index contributed by atoms with van der Waals surface area (Å²) in [4.78, 5) is 18.5. The SMILES string of the molecule is N#CC1(NS(=O)(=O)c2cc(N3CCN(C(=O)C(O)C(F)(F)F)CC3)c3cnc(-c4nnc(C(F)F)s4)n3c2)CC1. The second kappa shape index (κ2) is 9.87. The number of hydrogen-bond donors (Lipinski definition) is 2. The number of alkyl halides is 5. The summed E-state index contributed by atoms with van der Waals surface area (Å²) in [5.41, 5.74) is -0.660. The van der Waals surface area contributed by atoms with Crippen molar-refractivity contribution in [3.8, 4) is 16.9 Å². The quantitative estimate of drug-likeness (QED) is 0.382. The second-order valence-corrected chi connectivity index (χ2v) is 11.9. The number of sulfonamides is 1. The summed E-state index contributed by atoms with van der Waals surface area (Å²) in [6.45, 7) is -0.472. The standard InChI is InChI=1S/C21H19F5N8O4S2/c22-15(23)17-29-30-18(39-17)16-28-8-13-12(32-3-5-33(6-4-32)19(36)14(35)21(24,25)26)7-11(9-34(13)16)40(37,38)31-20(10-27)1-2-20/h7-9,14-15,31,35H,1-6H2. The number of fused-ring (bicyclic) bond motifs is 1. The molecule has 214 valence electrons. The molecule has 1 unspecified atom stereocenters. The van der Waals surface area contributed by atoms with Crippen molar-refractivity contribution in [3.05, 3.63) is 23.5 Å². The van der Waals surface area contributed by atoms with Gasteiger partial charge >= 0.3 is 6.18 Å². The van der Waals surface area contributed by atoms with Crippen molar-refractivity contribution in [1.82, 2.24) is 29.2 Å². The molecule has 1 aliphatic heterocycles. The number of piperazine rings is 1. The minimum absolute atomic E-state index is 0.0150. The molecule has 5 rings (SSSR count). The summed E-state index contributed by atoms with van der Waals surface area (Å²) in [5, 5.41) is 25.3. The maximum absolute atomic E-state index is 13.3. The molecule has 3 aromatic heterocycles. The number of pyridine rings is 1. The van der Waals surface area contributed by atoms with Crippen molar-refractivity contribution < 1.29 is 40.3 Å². The first-order valence-corrected chi connectivity index (χ1v) is 13.9. The highest BCUT2D eigenvalue weighted by Crippen LogP contribution is 2.38. The molecule has 0 radical (unpaired) electrons.